The number of piperazine rings is 1. The lowest BCUT2D eigenvalue weighted by atomic mass is 10.0. The van der Waals surface area contributed by atoms with Crippen LogP contribution in [0.3, 0.4) is 0 Å². The summed E-state index contributed by atoms with van der Waals surface area (Å²) >= 11 is 5.99. The number of anilines is 2. The summed E-state index contributed by atoms with van der Waals surface area (Å²) in [5, 5.41) is 25.2. The number of nitrogens with zero attached hydrogens (tertiary/aromatic N) is 6. The third kappa shape index (κ3) is 7.60. The molecule has 0 saturated carbocycles. The van der Waals surface area contributed by atoms with Gasteiger partial charge in [-0.25, -0.2) is 9.18 Å². The van der Waals surface area contributed by atoms with Crippen molar-refractivity contribution in [2.75, 3.05) is 36.9 Å². The van der Waals surface area contributed by atoms with E-state index in [0.29, 0.717) is 30.0 Å². The third-order valence-corrected chi connectivity index (χ3v) is 7.50. The lowest BCUT2D eigenvalue weighted by Gasteiger charge is -2.32. The Labute approximate surface area is 267 Å². The molecule has 1 aromatic heterocycles. The number of aromatic carboxylic acids is 1. The highest BCUT2D eigenvalue weighted by Gasteiger charge is 2.25. The predicted octanol–water partition coefficient (Wildman–Crippen LogP) is 2.81. The SMILES string of the molecule is CN1CCN(c2cccc(C[C@H](NC(=O)/C=C/c3c(-n4cnnn4)ccc(Cl)c3F)C(=O)Nc3ccc(C(=O)O)cc3)c2)C(=O)C1. The molecule has 15 heteroatoms. The van der Waals surface area contributed by atoms with E-state index in [-0.39, 0.29) is 40.7 Å². The minimum Gasteiger partial charge on any atom is -0.478 e. The van der Waals surface area contributed by atoms with Crippen LogP contribution in [0.1, 0.15) is 21.5 Å². The van der Waals surface area contributed by atoms with Crippen molar-refractivity contribution in [3.8, 4) is 5.69 Å². The minimum absolute atomic E-state index is 0.0375. The van der Waals surface area contributed by atoms with Crippen LogP contribution in [-0.2, 0) is 20.8 Å². The van der Waals surface area contributed by atoms with Crippen molar-refractivity contribution in [3.05, 3.63) is 101 Å². The molecule has 46 heavy (non-hydrogen) atoms. The maximum Gasteiger partial charge on any atom is 0.335 e. The zero-order valence-corrected chi connectivity index (χ0v) is 25.2. The van der Waals surface area contributed by atoms with E-state index in [9.17, 15) is 24.3 Å². The molecule has 1 fully saturated rings. The molecule has 0 bridgehead atoms. The molecule has 1 atom stereocenters. The summed E-state index contributed by atoms with van der Waals surface area (Å²) in [6.45, 7) is 1.48. The van der Waals surface area contributed by atoms with Gasteiger partial charge in [-0.1, -0.05) is 23.7 Å². The van der Waals surface area contributed by atoms with Crippen LogP contribution in [0, 0.1) is 5.82 Å². The smallest absolute Gasteiger partial charge is 0.335 e. The van der Waals surface area contributed by atoms with E-state index in [4.69, 9.17) is 11.6 Å². The van der Waals surface area contributed by atoms with Crippen LogP contribution in [0.15, 0.2) is 73.1 Å². The molecule has 1 aliphatic rings. The van der Waals surface area contributed by atoms with Gasteiger partial charge in [-0.2, -0.15) is 4.68 Å². The van der Waals surface area contributed by atoms with Gasteiger partial charge in [0, 0.05) is 42.5 Å². The number of carboxylic acid groups (broad SMARTS) is 1. The van der Waals surface area contributed by atoms with E-state index in [1.54, 1.807) is 29.2 Å². The second-order valence-electron chi connectivity index (χ2n) is 10.5. The van der Waals surface area contributed by atoms with E-state index in [0.717, 1.165) is 6.08 Å². The van der Waals surface area contributed by atoms with Gasteiger partial charge >= 0.3 is 5.97 Å². The Balaban J connectivity index is 1.39. The van der Waals surface area contributed by atoms with Crippen molar-refractivity contribution in [2.45, 2.75) is 12.5 Å². The largest absolute Gasteiger partial charge is 0.478 e. The van der Waals surface area contributed by atoms with Gasteiger partial charge in [-0.15, -0.1) is 5.10 Å². The van der Waals surface area contributed by atoms with Gasteiger partial charge in [0.2, 0.25) is 17.7 Å². The van der Waals surface area contributed by atoms with Gasteiger partial charge in [0.15, 0.2) is 5.82 Å². The Bertz CT molecular complexity index is 1800. The Hall–Kier alpha value is -5.47. The molecule has 1 aliphatic heterocycles. The molecular weight excluding hydrogens is 619 g/mol. The highest BCUT2D eigenvalue weighted by Crippen LogP contribution is 2.25. The molecule has 13 nitrogen and oxygen atoms in total. The molecule has 3 N–H and O–H groups in total. The van der Waals surface area contributed by atoms with E-state index in [1.807, 2.05) is 11.9 Å². The second-order valence-corrected chi connectivity index (χ2v) is 10.9. The molecule has 236 valence electrons. The standard InChI is InChI=1S/C31H28ClFN8O5/c1-39-13-14-40(28(43)17-39)22-4-2-3-19(15-22)16-25(30(44)35-21-7-5-20(6-8-21)31(45)46)36-27(42)12-9-23-26(41-18-34-37-38-41)11-10-24(32)29(23)33/h2-12,15,18,25H,13-14,16-17H2,1H3,(H,35,44)(H,36,42)(H,45,46)/b12-9+/t25-/m0/s1. The first-order chi connectivity index (χ1) is 22.1. The maximum atomic E-state index is 15.0. The summed E-state index contributed by atoms with van der Waals surface area (Å²) in [7, 11) is 1.87. The molecule has 0 unspecified atom stereocenters. The van der Waals surface area contributed by atoms with Crippen LogP contribution in [0.2, 0.25) is 5.02 Å². The number of hydrogen-bond acceptors (Lipinski definition) is 8. The molecule has 4 aromatic rings. The number of nitrogens with one attached hydrogen (secondary N) is 2. The third-order valence-electron chi connectivity index (χ3n) is 7.21. The summed E-state index contributed by atoms with van der Waals surface area (Å²) in [6, 6.07) is 14.4. The fourth-order valence-electron chi connectivity index (χ4n) is 4.85. The van der Waals surface area contributed by atoms with E-state index >= 15 is 4.39 Å². The number of tetrazole rings is 1. The van der Waals surface area contributed by atoms with Crippen LogP contribution in [0.5, 0.6) is 0 Å². The maximum absolute atomic E-state index is 15.0. The van der Waals surface area contributed by atoms with Crippen LogP contribution < -0.4 is 15.5 Å². The summed E-state index contributed by atoms with van der Waals surface area (Å²) in [4.78, 5) is 54.2. The normalized spacial score (nSPS) is 14.3. The van der Waals surface area contributed by atoms with Gasteiger partial charge < -0.3 is 20.6 Å². The summed E-state index contributed by atoms with van der Waals surface area (Å²) in [6.07, 6.45) is 3.56. The van der Waals surface area contributed by atoms with Gasteiger partial charge in [-0.3, -0.25) is 19.3 Å². The van der Waals surface area contributed by atoms with Gasteiger partial charge in [0.05, 0.1) is 22.8 Å². The molecule has 2 heterocycles. The number of rotatable bonds is 10. The average molecular weight is 647 g/mol. The fourth-order valence-corrected chi connectivity index (χ4v) is 5.02. The summed E-state index contributed by atoms with van der Waals surface area (Å²) in [5.74, 6) is -3.28. The first-order valence-electron chi connectivity index (χ1n) is 14.0. The molecular formula is C31H28ClFN8O5. The molecule has 0 spiro atoms. The molecule has 0 radical (unpaired) electrons. The van der Waals surface area contributed by atoms with Crippen LogP contribution >= 0.6 is 11.6 Å². The van der Waals surface area contributed by atoms with Gasteiger partial charge in [-0.05, 0) is 77.6 Å². The monoisotopic (exact) mass is 646 g/mol. The van der Waals surface area contributed by atoms with Crippen LogP contribution in [-0.4, -0.2) is 86.6 Å². The number of aromatic nitrogens is 4. The second kappa shape index (κ2) is 14.1. The summed E-state index contributed by atoms with van der Waals surface area (Å²) < 4.78 is 16.2. The Morgan fingerprint density at radius 2 is 1.89 bits per heavy atom. The summed E-state index contributed by atoms with van der Waals surface area (Å²) in [5.41, 5.74) is 1.85. The first kappa shape index (κ1) is 31.9. The van der Waals surface area contributed by atoms with Crippen molar-refractivity contribution in [2.24, 2.45) is 0 Å². The van der Waals surface area contributed by atoms with Crippen molar-refractivity contribution < 1.29 is 28.7 Å². The number of amides is 3. The molecule has 3 aromatic carbocycles. The zero-order chi connectivity index (χ0) is 32.8. The first-order valence-corrected chi connectivity index (χ1v) is 14.4. The number of halogens is 2. The quantitative estimate of drug-likeness (QED) is 0.220. The topological polar surface area (TPSA) is 163 Å². The molecule has 5 rings (SSSR count). The molecule has 0 aliphatic carbocycles. The van der Waals surface area contributed by atoms with Crippen LogP contribution in [0.25, 0.3) is 11.8 Å². The van der Waals surface area contributed by atoms with E-state index in [2.05, 4.69) is 26.2 Å². The average Bonchev–Trinajstić information content (AvgIpc) is 3.57. The molecule has 1 saturated heterocycles. The number of carboxylic acids is 1. The van der Waals surface area contributed by atoms with Gasteiger partial charge in [0.25, 0.3) is 0 Å². The number of likely N-dealkylation sites (N-methyl/N-ethyl adjacent to an activating group) is 1. The Morgan fingerprint density at radius 1 is 1.11 bits per heavy atom. The minimum atomic E-state index is -1.13. The fraction of sp³-hybridized carbons (Fsp3) is 0.194. The molecule has 3 amide bonds. The number of carbonyl (C=O) groups is 4. The van der Waals surface area contributed by atoms with Crippen molar-refractivity contribution in [3.63, 3.8) is 0 Å². The van der Waals surface area contributed by atoms with Crippen molar-refractivity contribution in [1.82, 2.24) is 30.4 Å². The number of hydrogen-bond donors (Lipinski definition) is 3. The highest BCUT2D eigenvalue weighted by atomic mass is 35.5. The van der Waals surface area contributed by atoms with Crippen molar-refractivity contribution in [1.29, 1.82) is 0 Å². The Morgan fingerprint density at radius 3 is 2.59 bits per heavy atom. The van der Waals surface area contributed by atoms with E-state index in [1.165, 1.54) is 53.5 Å². The van der Waals surface area contributed by atoms with Crippen molar-refractivity contribution >= 4 is 52.7 Å². The lowest BCUT2D eigenvalue weighted by molar-refractivity contribution is -0.123. The Kier molecular flexibility index (Phi) is 9.79. The predicted molar refractivity (Wildman–Crippen MR) is 167 cm³/mol. The number of benzene rings is 3. The van der Waals surface area contributed by atoms with Crippen LogP contribution in [0.4, 0.5) is 15.8 Å². The van der Waals surface area contributed by atoms with E-state index < -0.39 is 29.6 Å². The van der Waals surface area contributed by atoms with Gasteiger partial charge in [0.1, 0.15) is 12.4 Å². The lowest BCUT2D eigenvalue weighted by Crippen LogP contribution is -2.49. The number of carbonyl (C=O) groups excluding carboxylic acids is 3. The highest BCUT2D eigenvalue weighted by molar-refractivity contribution is 6.31. The zero-order valence-electron chi connectivity index (χ0n) is 24.4.